The molecule has 0 radical (unpaired) electrons. The van der Waals surface area contributed by atoms with E-state index in [2.05, 4.69) is 10.1 Å². The number of rotatable bonds is 8. The molecule has 150 valence electrons. The smallest absolute Gasteiger partial charge is 0.462 e. The second-order valence-electron chi connectivity index (χ2n) is 6.01. The number of nitrogens with one attached hydrogen (secondary N) is 1. The molecule has 1 aromatic heterocycles. The number of carbonyl (C=O) groups excluding carboxylic acids is 1. The van der Waals surface area contributed by atoms with Crippen LogP contribution in [0.5, 0.6) is 0 Å². The third-order valence-electron chi connectivity index (χ3n) is 3.54. The van der Waals surface area contributed by atoms with Crippen LogP contribution in [0.25, 0.3) is 0 Å². The predicted molar refractivity (Wildman–Crippen MR) is 98.1 cm³/mol. The largest absolute Gasteiger partial charge is 0.613 e. The third-order valence-corrected chi connectivity index (χ3v) is 5.89. The first kappa shape index (κ1) is 21.7. The van der Waals surface area contributed by atoms with Crippen molar-refractivity contribution in [2.24, 2.45) is 0 Å². The van der Waals surface area contributed by atoms with E-state index >= 15 is 0 Å². The number of hydrogen-bond donors (Lipinski definition) is 4. The lowest BCUT2D eigenvalue weighted by atomic mass is 10.1. The first-order chi connectivity index (χ1) is 12.7. The maximum Gasteiger partial charge on any atom is 0.613 e. The number of esters is 1. The Kier molecular flexibility index (Phi) is 7.71. The average molecular weight is 421 g/mol. The van der Waals surface area contributed by atoms with Crippen molar-refractivity contribution >= 4 is 31.7 Å². The first-order valence-corrected chi connectivity index (χ1v) is 10.2. The molecule has 1 aromatic rings. The van der Waals surface area contributed by atoms with Crippen LogP contribution in [0.2, 0.25) is 0 Å². The summed E-state index contributed by atoms with van der Waals surface area (Å²) in [6.45, 7) is 2.93. The van der Waals surface area contributed by atoms with Gasteiger partial charge in [0.1, 0.15) is 30.4 Å². The standard InChI is InChI=1S/C14H21N4O7PS/c1-7(2)25-10(19)5-16-26(23)24-6-8-11(20)12(21)13(27-8)18-4-3-9(15)17-14(18)22/h3-4,7-8,11-13,20-21H,5-6H2,1-2H3,(H2-,15,16,17,22,23)/p+1/t8-,11-,12+,13-/m1/s1. The fourth-order valence-corrected chi connectivity index (χ4v) is 4.52. The van der Waals surface area contributed by atoms with Gasteiger partial charge in [-0.3, -0.25) is 9.36 Å². The van der Waals surface area contributed by atoms with Gasteiger partial charge in [-0.1, -0.05) is 5.09 Å². The molecule has 0 spiro atoms. The number of aliphatic hydroxyl groups excluding tert-OH is 2. The summed E-state index contributed by atoms with van der Waals surface area (Å²) in [5.74, 6) is -0.522. The highest BCUT2D eigenvalue weighted by Crippen LogP contribution is 2.42. The molecule has 27 heavy (non-hydrogen) atoms. The summed E-state index contributed by atoms with van der Waals surface area (Å²) < 4.78 is 22.9. The molecule has 5 N–H and O–H groups in total. The van der Waals surface area contributed by atoms with Gasteiger partial charge in [-0.2, -0.15) is 4.98 Å². The van der Waals surface area contributed by atoms with Gasteiger partial charge < -0.3 is 20.7 Å². The summed E-state index contributed by atoms with van der Waals surface area (Å²) in [5, 5.41) is 21.3. The highest BCUT2D eigenvalue weighted by atomic mass is 32.2. The van der Waals surface area contributed by atoms with E-state index < -0.39 is 42.7 Å². The minimum Gasteiger partial charge on any atom is -0.462 e. The summed E-state index contributed by atoms with van der Waals surface area (Å²) >= 11 is 1.08. The van der Waals surface area contributed by atoms with Gasteiger partial charge in [-0.15, -0.1) is 16.3 Å². The van der Waals surface area contributed by atoms with Crippen LogP contribution in [0.15, 0.2) is 17.1 Å². The average Bonchev–Trinajstić information content (AvgIpc) is 2.86. The van der Waals surface area contributed by atoms with Crippen LogP contribution in [-0.4, -0.2) is 62.4 Å². The second kappa shape index (κ2) is 9.58. The number of nitrogens with zero attached hydrogens (tertiary/aromatic N) is 2. The number of hydrogen-bond acceptors (Lipinski definition) is 10. The Bertz CT molecular complexity index is 746. The normalized spacial score (nSPS) is 25.6. The number of carbonyl (C=O) groups is 1. The fraction of sp³-hybridized carbons (Fsp3) is 0.643. The maximum absolute atomic E-state index is 11.9. The van der Waals surface area contributed by atoms with Crippen molar-refractivity contribution in [3.05, 3.63) is 22.7 Å². The molecule has 0 aromatic carbocycles. The van der Waals surface area contributed by atoms with Crippen molar-refractivity contribution in [2.75, 3.05) is 18.9 Å². The van der Waals surface area contributed by atoms with E-state index in [0.717, 1.165) is 16.3 Å². The summed E-state index contributed by atoms with van der Waals surface area (Å²) in [4.78, 5) is 26.9. The van der Waals surface area contributed by atoms with Crippen LogP contribution in [0.1, 0.15) is 19.2 Å². The quantitative estimate of drug-likeness (QED) is 0.312. The third kappa shape index (κ3) is 5.96. The number of aliphatic hydroxyl groups is 2. The van der Waals surface area contributed by atoms with E-state index in [0.29, 0.717) is 0 Å². The highest BCUT2D eigenvalue weighted by molar-refractivity contribution is 8.00. The fourth-order valence-electron chi connectivity index (χ4n) is 2.34. The summed E-state index contributed by atoms with van der Waals surface area (Å²) in [5.41, 5.74) is 4.78. The van der Waals surface area contributed by atoms with E-state index in [4.69, 9.17) is 15.0 Å². The lowest BCUT2D eigenvalue weighted by molar-refractivity contribution is -0.145. The second-order valence-corrected chi connectivity index (χ2v) is 8.46. The Labute approximate surface area is 160 Å². The SMILES string of the molecule is CC(C)OC(=O)CN[P+](=O)OC[C@H]1S[C@@H](n2ccc(N)nc2=O)[C@@H](O)[C@@H]1O. The Morgan fingerprint density at radius 1 is 1.48 bits per heavy atom. The number of nitrogen functional groups attached to an aromatic ring is 1. The molecule has 1 fully saturated rings. The van der Waals surface area contributed by atoms with Gasteiger partial charge in [0, 0.05) is 6.20 Å². The van der Waals surface area contributed by atoms with Crippen LogP contribution in [0.4, 0.5) is 5.82 Å². The van der Waals surface area contributed by atoms with Crippen LogP contribution >= 0.6 is 19.9 Å². The molecule has 0 amide bonds. The number of thioether (sulfide) groups is 1. The Morgan fingerprint density at radius 2 is 2.19 bits per heavy atom. The van der Waals surface area contributed by atoms with Gasteiger partial charge in [0.2, 0.25) is 0 Å². The molecule has 2 rings (SSSR count). The predicted octanol–water partition coefficient (Wildman–Crippen LogP) is -0.623. The number of ether oxygens (including phenoxy) is 1. The minimum absolute atomic E-state index is 0.0493. The van der Waals surface area contributed by atoms with Crippen LogP contribution < -0.4 is 16.5 Å². The number of nitrogens with two attached hydrogens (primary N) is 1. The lowest BCUT2D eigenvalue weighted by Gasteiger charge is -2.17. The van der Waals surface area contributed by atoms with E-state index in [-0.39, 0.29) is 25.1 Å². The molecule has 1 saturated heterocycles. The first-order valence-electron chi connectivity index (χ1n) is 8.08. The van der Waals surface area contributed by atoms with Gasteiger partial charge in [0.15, 0.2) is 0 Å². The highest BCUT2D eigenvalue weighted by Gasteiger charge is 2.45. The Morgan fingerprint density at radius 3 is 2.81 bits per heavy atom. The zero-order valence-corrected chi connectivity index (χ0v) is 16.4. The maximum atomic E-state index is 11.9. The van der Waals surface area contributed by atoms with Crippen molar-refractivity contribution in [2.45, 2.75) is 42.8 Å². The molecule has 0 aliphatic carbocycles. The summed E-state index contributed by atoms with van der Waals surface area (Å²) in [6.07, 6.45) is -1.37. The molecular weight excluding hydrogens is 399 g/mol. The molecule has 13 heteroatoms. The van der Waals surface area contributed by atoms with Crippen LogP contribution in [-0.2, 0) is 18.6 Å². The van der Waals surface area contributed by atoms with Crippen molar-refractivity contribution in [3.63, 3.8) is 0 Å². The topological polar surface area (TPSA) is 166 Å². The molecule has 1 aliphatic heterocycles. The molecule has 11 nitrogen and oxygen atoms in total. The van der Waals surface area contributed by atoms with Crippen LogP contribution in [0.3, 0.4) is 0 Å². The van der Waals surface area contributed by atoms with Gasteiger partial charge >= 0.3 is 19.8 Å². The Balaban J connectivity index is 1.88. The zero-order chi connectivity index (χ0) is 20.1. The zero-order valence-electron chi connectivity index (χ0n) is 14.7. The van der Waals surface area contributed by atoms with Gasteiger partial charge in [0.25, 0.3) is 0 Å². The summed E-state index contributed by atoms with van der Waals surface area (Å²) in [7, 11) is -2.37. The molecule has 1 aliphatic rings. The monoisotopic (exact) mass is 421 g/mol. The van der Waals surface area contributed by atoms with Crippen LogP contribution in [0, 0.1) is 0 Å². The van der Waals surface area contributed by atoms with Gasteiger partial charge in [0.05, 0.1) is 17.5 Å². The van der Waals surface area contributed by atoms with Crippen molar-refractivity contribution in [1.82, 2.24) is 14.6 Å². The molecule has 0 saturated carbocycles. The molecular formula is C14H22N4O7PS+. The van der Waals surface area contributed by atoms with E-state index in [9.17, 15) is 24.4 Å². The molecule has 0 bridgehead atoms. The number of aromatic nitrogens is 2. The minimum atomic E-state index is -2.37. The molecule has 2 heterocycles. The van der Waals surface area contributed by atoms with Gasteiger partial charge in [-0.05, 0) is 24.5 Å². The van der Waals surface area contributed by atoms with Crippen molar-refractivity contribution < 1.29 is 28.8 Å². The van der Waals surface area contributed by atoms with Crippen molar-refractivity contribution in [3.8, 4) is 0 Å². The van der Waals surface area contributed by atoms with E-state index in [1.807, 2.05) is 0 Å². The van der Waals surface area contributed by atoms with Crippen molar-refractivity contribution in [1.29, 1.82) is 0 Å². The molecule has 5 atom stereocenters. The lowest BCUT2D eigenvalue weighted by Crippen LogP contribution is -2.36. The Hall–Kier alpha value is -1.56. The number of anilines is 1. The van der Waals surface area contributed by atoms with E-state index in [1.165, 1.54) is 12.3 Å². The van der Waals surface area contributed by atoms with E-state index in [1.54, 1.807) is 13.8 Å². The molecule has 1 unspecified atom stereocenters. The van der Waals surface area contributed by atoms with Gasteiger partial charge in [-0.25, -0.2) is 4.79 Å². The summed E-state index contributed by atoms with van der Waals surface area (Å²) in [6, 6.07) is 1.40.